The molecule has 0 saturated heterocycles. The van der Waals surface area contributed by atoms with E-state index in [2.05, 4.69) is 95.3 Å². The van der Waals surface area contributed by atoms with E-state index >= 15 is 0 Å². The number of H-pyrrole nitrogens is 2. The topological polar surface area (TPSA) is 57.4 Å². The van der Waals surface area contributed by atoms with E-state index in [9.17, 15) is 0 Å². The second kappa shape index (κ2) is 8.99. The Bertz CT molecular complexity index is 1350. The molecule has 34 heavy (non-hydrogen) atoms. The number of rotatable bonds is 0. The van der Waals surface area contributed by atoms with Crippen LogP contribution in [0.5, 0.6) is 0 Å². The van der Waals surface area contributed by atoms with Gasteiger partial charge in [-0.05, 0) is 83.8 Å². The Morgan fingerprint density at radius 3 is 1.15 bits per heavy atom. The van der Waals surface area contributed by atoms with Gasteiger partial charge in [0.15, 0.2) is 0 Å². The van der Waals surface area contributed by atoms with Crippen molar-refractivity contribution in [3.05, 3.63) is 107 Å². The van der Waals surface area contributed by atoms with Crippen LogP contribution in [0.4, 0.5) is 0 Å². The lowest BCUT2D eigenvalue weighted by Crippen LogP contribution is -2.10. The maximum absolute atomic E-state index is 4.63. The highest BCUT2D eigenvalue weighted by Crippen LogP contribution is 2.21. The monoisotopic (exact) mass is 444 g/mol. The number of benzene rings is 1. The van der Waals surface area contributed by atoms with Crippen LogP contribution in [0, 0.1) is 0 Å². The van der Waals surface area contributed by atoms with Crippen molar-refractivity contribution in [2.45, 2.75) is 26.2 Å². The lowest BCUT2D eigenvalue weighted by Gasteiger charge is -2.18. The molecule has 5 heterocycles. The molecule has 168 valence electrons. The predicted molar refractivity (Wildman–Crippen MR) is 144 cm³/mol. The summed E-state index contributed by atoms with van der Waals surface area (Å²) >= 11 is 0. The first-order valence-electron chi connectivity index (χ1n) is 11.5. The number of aromatic nitrogens is 4. The molecule has 2 N–H and O–H groups in total. The summed E-state index contributed by atoms with van der Waals surface area (Å²) in [5.41, 5.74) is 9.55. The van der Waals surface area contributed by atoms with Crippen LogP contribution in [0.1, 0.15) is 49.1 Å². The van der Waals surface area contributed by atoms with Gasteiger partial charge in [0, 0.05) is 22.1 Å². The highest BCUT2D eigenvalue weighted by Gasteiger charge is 2.11. The highest BCUT2D eigenvalue weighted by atomic mass is 14.8. The molecule has 0 fully saturated rings. The minimum atomic E-state index is 0.293. The Kier molecular flexibility index (Phi) is 5.72. The molecule has 8 bridgehead atoms. The van der Waals surface area contributed by atoms with Gasteiger partial charge in [-0.3, -0.25) is 0 Å². The van der Waals surface area contributed by atoms with Crippen LogP contribution in [0.2, 0.25) is 0 Å². The van der Waals surface area contributed by atoms with E-state index in [0.717, 1.165) is 44.8 Å². The molecule has 2 aliphatic heterocycles. The Morgan fingerprint density at radius 2 is 0.853 bits per heavy atom. The second-order valence-corrected chi connectivity index (χ2v) is 9.52. The molecule has 4 nitrogen and oxygen atoms in total. The number of hydrogen-bond donors (Lipinski definition) is 2. The molecule has 3 aromatic heterocycles. The van der Waals surface area contributed by atoms with Crippen molar-refractivity contribution in [1.82, 2.24) is 19.9 Å². The summed E-state index contributed by atoms with van der Waals surface area (Å²) in [6, 6.07) is 26.9. The minimum Gasteiger partial charge on any atom is -0.355 e. The van der Waals surface area contributed by atoms with Crippen LogP contribution in [0.25, 0.3) is 46.4 Å². The molecule has 0 atom stereocenters. The van der Waals surface area contributed by atoms with Crippen LogP contribution >= 0.6 is 0 Å². The van der Waals surface area contributed by atoms with Crippen LogP contribution in [0.3, 0.4) is 0 Å². The minimum absolute atomic E-state index is 0.293. The standard InChI is InChI=1S/C20H14N4.C10H14/c1-2-14-10-16-5-6-18(23-16)12-20-8-7-19(24-20)11-17-4-3-15(22-17)9-13(1)21-14;1-10(2,3)9-7-5-4-6-8-9/h1-12,21,24H;4-8H,1-3H3. The summed E-state index contributed by atoms with van der Waals surface area (Å²) < 4.78 is 0. The quantitative estimate of drug-likeness (QED) is 0.253. The number of nitrogens with one attached hydrogen (secondary N) is 2. The fraction of sp³-hybridized carbons (Fsp3) is 0.133. The molecule has 0 saturated carbocycles. The normalized spacial score (nSPS) is 12.3. The van der Waals surface area contributed by atoms with Crippen molar-refractivity contribution >= 4 is 46.4 Å². The zero-order valence-corrected chi connectivity index (χ0v) is 19.7. The molecule has 1 aromatic carbocycles. The van der Waals surface area contributed by atoms with Crippen LogP contribution in [-0.2, 0) is 5.41 Å². The highest BCUT2D eigenvalue weighted by molar-refractivity contribution is 5.77. The van der Waals surface area contributed by atoms with Crippen molar-refractivity contribution in [3.8, 4) is 0 Å². The molecule has 6 rings (SSSR count). The average molecular weight is 445 g/mol. The van der Waals surface area contributed by atoms with Crippen molar-refractivity contribution in [3.63, 3.8) is 0 Å². The van der Waals surface area contributed by atoms with Gasteiger partial charge in [0.05, 0.1) is 22.8 Å². The summed E-state index contributed by atoms with van der Waals surface area (Å²) in [4.78, 5) is 16.0. The first kappa shape index (κ1) is 21.7. The first-order valence-corrected chi connectivity index (χ1v) is 11.5. The van der Waals surface area contributed by atoms with Gasteiger partial charge in [0.2, 0.25) is 0 Å². The fourth-order valence-electron chi connectivity index (χ4n) is 3.88. The van der Waals surface area contributed by atoms with E-state index in [0.29, 0.717) is 5.41 Å². The zero-order valence-electron chi connectivity index (χ0n) is 19.7. The molecule has 2 aliphatic rings. The zero-order chi connectivity index (χ0) is 23.5. The Morgan fingerprint density at radius 1 is 0.500 bits per heavy atom. The number of nitrogens with zero attached hydrogens (tertiary/aromatic N) is 2. The van der Waals surface area contributed by atoms with Crippen molar-refractivity contribution in [1.29, 1.82) is 0 Å². The van der Waals surface area contributed by atoms with Gasteiger partial charge in [-0.1, -0.05) is 51.1 Å². The number of hydrogen-bond acceptors (Lipinski definition) is 2. The Labute approximate surface area is 199 Å². The van der Waals surface area contributed by atoms with Gasteiger partial charge >= 0.3 is 0 Å². The summed E-state index contributed by atoms with van der Waals surface area (Å²) in [5, 5.41) is 0. The third-order valence-corrected chi connectivity index (χ3v) is 5.68. The van der Waals surface area contributed by atoms with Crippen LogP contribution in [-0.4, -0.2) is 19.9 Å². The van der Waals surface area contributed by atoms with Gasteiger partial charge in [-0.25, -0.2) is 9.97 Å². The van der Waals surface area contributed by atoms with Crippen molar-refractivity contribution in [2.24, 2.45) is 0 Å². The maximum atomic E-state index is 4.63. The number of fused-ring (bicyclic) bond motifs is 8. The van der Waals surface area contributed by atoms with Gasteiger partial charge in [-0.15, -0.1) is 0 Å². The van der Waals surface area contributed by atoms with E-state index in [-0.39, 0.29) is 0 Å². The summed E-state index contributed by atoms with van der Waals surface area (Å²) in [6.45, 7) is 6.67. The molecule has 4 heteroatoms. The lowest BCUT2D eigenvalue weighted by atomic mass is 9.87. The van der Waals surface area contributed by atoms with Crippen molar-refractivity contribution in [2.75, 3.05) is 0 Å². The fourth-order valence-corrected chi connectivity index (χ4v) is 3.88. The SMILES string of the molecule is C1=Cc2cc3ccc(cc4nc(cc5ccc(cc1n2)[nH]5)C=C4)[nH]3.CC(C)(C)c1ccccc1. The molecular weight excluding hydrogens is 416 g/mol. The summed E-state index contributed by atoms with van der Waals surface area (Å²) in [6.07, 6.45) is 8.09. The largest absolute Gasteiger partial charge is 0.355 e. The molecule has 0 unspecified atom stereocenters. The molecule has 0 aliphatic carbocycles. The van der Waals surface area contributed by atoms with Gasteiger partial charge in [0.1, 0.15) is 0 Å². The number of aromatic amines is 2. The molecule has 0 amide bonds. The van der Waals surface area contributed by atoms with Crippen molar-refractivity contribution < 1.29 is 0 Å². The third kappa shape index (κ3) is 5.24. The Hall–Kier alpha value is -4.18. The van der Waals surface area contributed by atoms with E-state index < -0.39 is 0 Å². The van der Waals surface area contributed by atoms with E-state index in [1.54, 1.807) is 0 Å². The van der Waals surface area contributed by atoms with E-state index in [1.165, 1.54) is 5.56 Å². The van der Waals surface area contributed by atoms with Crippen LogP contribution in [0.15, 0.2) is 78.9 Å². The van der Waals surface area contributed by atoms with Gasteiger partial charge in [0.25, 0.3) is 0 Å². The summed E-state index contributed by atoms with van der Waals surface area (Å²) in [7, 11) is 0. The third-order valence-electron chi connectivity index (χ3n) is 5.68. The van der Waals surface area contributed by atoms with Gasteiger partial charge < -0.3 is 9.97 Å². The predicted octanol–water partition coefficient (Wildman–Crippen LogP) is 7.64. The summed E-state index contributed by atoms with van der Waals surface area (Å²) in [5.74, 6) is 0. The smallest absolute Gasteiger partial charge is 0.0658 e. The average Bonchev–Trinajstić information content (AvgIpc) is 3.60. The molecular formula is C30H28N4. The molecule has 4 aromatic rings. The van der Waals surface area contributed by atoms with E-state index in [1.807, 2.05) is 48.6 Å². The maximum Gasteiger partial charge on any atom is 0.0658 e. The Balaban J connectivity index is 0.000000204. The first-order chi connectivity index (χ1) is 16.4. The van der Waals surface area contributed by atoms with Gasteiger partial charge in [-0.2, -0.15) is 0 Å². The van der Waals surface area contributed by atoms with E-state index in [4.69, 9.17) is 0 Å². The molecule has 0 spiro atoms. The lowest BCUT2D eigenvalue weighted by molar-refractivity contribution is 0.590. The second-order valence-electron chi connectivity index (χ2n) is 9.52. The van der Waals surface area contributed by atoms with Crippen LogP contribution < -0.4 is 0 Å². The molecule has 0 radical (unpaired) electrons.